The van der Waals surface area contributed by atoms with Gasteiger partial charge in [-0.15, -0.1) is 0 Å². The van der Waals surface area contributed by atoms with Gasteiger partial charge < -0.3 is 15.0 Å². The lowest BCUT2D eigenvalue weighted by Crippen LogP contribution is -2.10. The van der Waals surface area contributed by atoms with Gasteiger partial charge in [0.1, 0.15) is 0 Å². The average molecular weight is 260 g/mol. The van der Waals surface area contributed by atoms with Crippen molar-refractivity contribution < 1.29 is 9.53 Å². The number of aromatic amines is 1. The summed E-state index contributed by atoms with van der Waals surface area (Å²) in [4.78, 5) is 25.7. The minimum Gasteiger partial charge on any atom is -0.380 e. The van der Waals surface area contributed by atoms with E-state index >= 15 is 0 Å². The lowest BCUT2D eigenvalue weighted by Gasteiger charge is -2.08. The molecule has 2 rings (SSSR count). The monoisotopic (exact) mass is 260 g/mol. The normalized spacial score (nSPS) is 10.6. The molecule has 0 atom stereocenters. The summed E-state index contributed by atoms with van der Waals surface area (Å²) >= 11 is 0. The molecular formula is C14H16N2O3. The zero-order chi connectivity index (χ0) is 13.8. The molecule has 1 amide bonds. The van der Waals surface area contributed by atoms with Gasteiger partial charge in [-0.05, 0) is 17.7 Å². The number of benzene rings is 1. The molecule has 2 N–H and O–H groups in total. The van der Waals surface area contributed by atoms with Gasteiger partial charge in [-0.2, -0.15) is 0 Å². The van der Waals surface area contributed by atoms with E-state index in [1.165, 1.54) is 6.07 Å². The van der Waals surface area contributed by atoms with Gasteiger partial charge in [0.25, 0.3) is 0 Å². The molecule has 0 spiro atoms. The van der Waals surface area contributed by atoms with Gasteiger partial charge in [0.05, 0.1) is 12.1 Å². The Morgan fingerprint density at radius 2 is 2.16 bits per heavy atom. The van der Waals surface area contributed by atoms with Crippen LogP contribution in [0.15, 0.2) is 29.1 Å². The highest BCUT2D eigenvalue weighted by molar-refractivity contribution is 5.93. The number of H-pyrrole nitrogens is 1. The second kappa shape index (κ2) is 5.67. The predicted octanol–water partition coefficient (Wildman–Crippen LogP) is 2.02. The molecule has 0 saturated carbocycles. The Hall–Kier alpha value is -2.14. The molecule has 1 aromatic carbocycles. The third-order valence-corrected chi connectivity index (χ3v) is 2.83. The Morgan fingerprint density at radius 3 is 2.84 bits per heavy atom. The average Bonchev–Trinajstić information content (AvgIpc) is 2.38. The molecule has 0 aliphatic rings. The summed E-state index contributed by atoms with van der Waals surface area (Å²) in [6.07, 6.45) is 0.415. The van der Waals surface area contributed by atoms with Crippen LogP contribution >= 0.6 is 0 Å². The number of ether oxygens (including phenoxy) is 1. The number of aromatic nitrogens is 1. The second-order valence-corrected chi connectivity index (χ2v) is 4.25. The lowest BCUT2D eigenvalue weighted by molar-refractivity contribution is -0.115. The van der Waals surface area contributed by atoms with Crippen LogP contribution < -0.4 is 10.9 Å². The van der Waals surface area contributed by atoms with Crippen molar-refractivity contribution in [1.82, 2.24) is 4.98 Å². The van der Waals surface area contributed by atoms with E-state index in [0.29, 0.717) is 24.2 Å². The van der Waals surface area contributed by atoms with E-state index in [2.05, 4.69) is 10.3 Å². The first-order valence-electron chi connectivity index (χ1n) is 6.08. The molecule has 0 fully saturated rings. The minimum atomic E-state index is -0.182. The summed E-state index contributed by atoms with van der Waals surface area (Å²) in [5.41, 5.74) is 2.01. The summed E-state index contributed by atoms with van der Waals surface area (Å²) in [5, 5.41) is 3.68. The fraction of sp³-hybridized carbons (Fsp3) is 0.286. The minimum absolute atomic E-state index is 0.0604. The van der Waals surface area contributed by atoms with Gasteiger partial charge in [-0.3, -0.25) is 9.59 Å². The van der Waals surface area contributed by atoms with Crippen molar-refractivity contribution >= 4 is 22.5 Å². The molecule has 0 aliphatic carbocycles. The van der Waals surface area contributed by atoms with Gasteiger partial charge in [-0.25, -0.2) is 0 Å². The fourth-order valence-corrected chi connectivity index (χ4v) is 1.93. The molecule has 2 aromatic rings. The standard InChI is InChI=1S/C14H16N2O3/c1-3-13(17)15-10-4-5-11-9(8-19-2)6-14(18)16-12(11)7-10/h4-7H,3,8H2,1-2H3,(H,15,17)(H,16,18). The molecule has 19 heavy (non-hydrogen) atoms. The third kappa shape index (κ3) is 3.00. The first-order chi connectivity index (χ1) is 9.13. The Kier molecular flexibility index (Phi) is 3.97. The van der Waals surface area contributed by atoms with Crippen LogP contribution in [0.2, 0.25) is 0 Å². The number of carbonyl (C=O) groups excluding carboxylic acids is 1. The van der Waals surface area contributed by atoms with Crippen molar-refractivity contribution in [3.05, 3.63) is 40.2 Å². The Labute approximate surface area is 110 Å². The quantitative estimate of drug-likeness (QED) is 0.883. The Balaban J connectivity index is 2.48. The first-order valence-corrected chi connectivity index (χ1v) is 6.08. The highest BCUT2D eigenvalue weighted by Crippen LogP contribution is 2.20. The Bertz CT molecular complexity index is 661. The molecule has 0 saturated heterocycles. The van der Waals surface area contributed by atoms with Crippen LogP contribution in [0, 0.1) is 0 Å². The number of methoxy groups -OCH3 is 1. The third-order valence-electron chi connectivity index (χ3n) is 2.83. The summed E-state index contributed by atoms with van der Waals surface area (Å²) < 4.78 is 5.08. The zero-order valence-corrected chi connectivity index (χ0v) is 10.9. The number of nitrogens with one attached hydrogen (secondary N) is 2. The van der Waals surface area contributed by atoms with Gasteiger partial charge in [0, 0.05) is 30.7 Å². The molecule has 5 nitrogen and oxygen atoms in total. The van der Waals surface area contributed by atoms with Crippen LogP contribution in [-0.2, 0) is 16.1 Å². The maximum Gasteiger partial charge on any atom is 0.248 e. The van der Waals surface area contributed by atoms with Crippen molar-refractivity contribution in [1.29, 1.82) is 0 Å². The number of pyridine rings is 1. The van der Waals surface area contributed by atoms with Gasteiger partial charge in [0.15, 0.2) is 0 Å². The van der Waals surface area contributed by atoms with E-state index < -0.39 is 0 Å². The van der Waals surface area contributed by atoms with E-state index in [1.54, 1.807) is 20.1 Å². The zero-order valence-electron chi connectivity index (χ0n) is 10.9. The van der Waals surface area contributed by atoms with Gasteiger partial charge in [-0.1, -0.05) is 13.0 Å². The van der Waals surface area contributed by atoms with Crippen molar-refractivity contribution in [2.75, 3.05) is 12.4 Å². The number of fused-ring (bicyclic) bond motifs is 1. The number of anilines is 1. The summed E-state index contributed by atoms with van der Waals surface area (Å²) in [6.45, 7) is 2.16. The van der Waals surface area contributed by atoms with Crippen LogP contribution in [0.3, 0.4) is 0 Å². The molecule has 0 unspecified atom stereocenters. The van der Waals surface area contributed by atoms with Crippen molar-refractivity contribution in [3.8, 4) is 0 Å². The molecule has 0 bridgehead atoms. The molecular weight excluding hydrogens is 244 g/mol. The van der Waals surface area contributed by atoms with Gasteiger partial charge >= 0.3 is 0 Å². The van der Waals surface area contributed by atoms with Crippen molar-refractivity contribution in [2.24, 2.45) is 0 Å². The fourth-order valence-electron chi connectivity index (χ4n) is 1.93. The number of hydrogen-bond acceptors (Lipinski definition) is 3. The second-order valence-electron chi connectivity index (χ2n) is 4.25. The summed E-state index contributed by atoms with van der Waals surface area (Å²) in [6, 6.07) is 6.96. The van der Waals surface area contributed by atoms with Crippen molar-refractivity contribution in [2.45, 2.75) is 20.0 Å². The SMILES string of the molecule is CCC(=O)Nc1ccc2c(COC)cc(=O)[nH]c2c1. The van der Waals surface area contributed by atoms with Crippen molar-refractivity contribution in [3.63, 3.8) is 0 Å². The lowest BCUT2D eigenvalue weighted by atomic mass is 10.1. The number of carbonyl (C=O) groups is 1. The molecule has 1 heterocycles. The molecule has 100 valence electrons. The largest absolute Gasteiger partial charge is 0.380 e. The summed E-state index contributed by atoms with van der Waals surface area (Å²) in [7, 11) is 1.59. The molecule has 5 heteroatoms. The predicted molar refractivity (Wildman–Crippen MR) is 74.2 cm³/mol. The van der Waals surface area contributed by atoms with E-state index in [9.17, 15) is 9.59 Å². The smallest absolute Gasteiger partial charge is 0.248 e. The topological polar surface area (TPSA) is 71.2 Å². The molecule has 0 aliphatic heterocycles. The van der Waals surface area contributed by atoms with Crippen LogP contribution in [0.1, 0.15) is 18.9 Å². The molecule has 0 radical (unpaired) electrons. The Morgan fingerprint density at radius 1 is 1.37 bits per heavy atom. The van der Waals surface area contributed by atoms with Crippen LogP contribution in [-0.4, -0.2) is 18.0 Å². The number of hydrogen-bond donors (Lipinski definition) is 2. The first kappa shape index (κ1) is 13.3. The van der Waals surface area contributed by atoms with Crippen LogP contribution in [0.5, 0.6) is 0 Å². The van der Waals surface area contributed by atoms with Gasteiger partial charge in [0.2, 0.25) is 11.5 Å². The van der Waals surface area contributed by atoms with Crippen LogP contribution in [0.25, 0.3) is 10.9 Å². The van der Waals surface area contributed by atoms with E-state index in [0.717, 1.165) is 10.9 Å². The van der Waals surface area contributed by atoms with Crippen LogP contribution in [0.4, 0.5) is 5.69 Å². The van der Waals surface area contributed by atoms with E-state index in [4.69, 9.17) is 4.74 Å². The number of rotatable bonds is 4. The molecule has 1 aromatic heterocycles. The highest BCUT2D eigenvalue weighted by atomic mass is 16.5. The van der Waals surface area contributed by atoms with E-state index in [1.807, 2.05) is 12.1 Å². The maximum atomic E-state index is 11.6. The maximum absolute atomic E-state index is 11.6. The summed E-state index contributed by atoms with van der Waals surface area (Å²) in [5.74, 6) is -0.0604. The number of amides is 1. The highest BCUT2D eigenvalue weighted by Gasteiger charge is 2.05. The van der Waals surface area contributed by atoms with E-state index in [-0.39, 0.29) is 11.5 Å².